The van der Waals surface area contributed by atoms with Gasteiger partial charge in [-0.05, 0) is 37.1 Å². The van der Waals surface area contributed by atoms with E-state index in [2.05, 4.69) is 5.32 Å². The van der Waals surface area contributed by atoms with Crippen molar-refractivity contribution in [1.82, 2.24) is 5.32 Å². The van der Waals surface area contributed by atoms with Gasteiger partial charge in [-0.1, -0.05) is 42.6 Å². The van der Waals surface area contributed by atoms with Crippen LogP contribution in [0.1, 0.15) is 32.3 Å². The summed E-state index contributed by atoms with van der Waals surface area (Å²) < 4.78 is 0. The average Bonchev–Trinajstić information content (AvgIpc) is 2.35. The molecule has 0 aliphatic rings. The predicted molar refractivity (Wildman–Crippen MR) is 84.0 cm³/mol. The topological polar surface area (TPSA) is 49.3 Å². The van der Waals surface area contributed by atoms with E-state index in [4.69, 9.17) is 23.2 Å². The molecule has 20 heavy (non-hydrogen) atoms. The zero-order valence-corrected chi connectivity index (χ0v) is 13.1. The van der Waals surface area contributed by atoms with Crippen molar-refractivity contribution in [1.29, 1.82) is 0 Å². The second-order valence-corrected chi connectivity index (χ2v) is 5.81. The van der Waals surface area contributed by atoms with Crippen molar-refractivity contribution in [2.24, 2.45) is 0 Å². The Morgan fingerprint density at radius 3 is 2.75 bits per heavy atom. The molecule has 0 spiro atoms. The van der Waals surface area contributed by atoms with Crippen LogP contribution in [0.5, 0.6) is 0 Å². The van der Waals surface area contributed by atoms with Crippen LogP contribution in [0.4, 0.5) is 0 Å². The third-order valence-corrected chi connectivity index (χ3v) is 3.37. The van der Waals surface area contributed by atoms with Gasteiger partial charge in [-0.3, -0.25) is 4.79 Å². The summed E-state index contributed by atoms with van der Waals surface area (Å²) in [5.74, 6) is -0.271. The van der Waals surface area contributed by atoms with Crippen molar-refractivity contribution in [3.05, 3.63) is 39.9 Å². The van der Waals surface area contributed by atoms with E-state index in [1.54, 1.807) is 31.2 Å². The number of nitrogens with one attached hydrogen (secondary N) is 1. The smallest absolute Gasteiger partial charge is 0.244 e. The monoisotopic (exact) mass is 315 g/mol. The highest BCUT2D eigenvalue weighted by Gasteiger charge is 2.19. The number of rotatable bonds is 6. The van der Waals surface area contributed by atoms with Gasteiger partial charge in [0.2, 0.25) is 5.91 Å². The number of benzene rings is 1. The van der Waals surface area contributed by atoms with Crippen molar-refractivity contribution < 1.29 is 9.90 Å². The molecule has 1 rings (SSSR count). The molecule has 1 aromatic carbocycles. The van der Waals surface area contributed by atoms with Crippen LogP contribution in [0.25, 0.3) is 6.08 Å². The molecule has 0 aliphatic carbocycles. The Labute approximate surface area is 129 Å². The molecule has 0 aliphatic heterocycles. The standard InChI is InChI=1S/C15H19Cl2NO2/c1-3-8-15(2,20)10-18-14(19)7-5-11-4-6-12(16)9-13(11)17/h4-7,9,20H,3,8,10H2,1-2H3,(H,18,19)/b7-5+. The second kappa shape index (κ2) is 7.67. The van der Waals surface area contributed by atoms with Crippen LogP contribution in [-0.4, -0.2) is 23.2 Å². The average molecular weight is 316 g/mol. The summed E-state index contributed by atoms with van der Waals surface area (Å²) in [6.07, 6.45) is 4.50. The first-order valence-electron chi connectivity index (χ1n) is 6.47. The molecule has 3 nitrogen and oxygen atoms in total. The number of halogens is 2. The van der Waals surface area contributed by atoms with E-state index in [9.17, 15) is 9.90 Å². The first-order valence-corrected chi connectivity index (χ1v) is 7.23. The number of amides is 1. The van der Waals surface area contributed by atoms with E-state index in [0.717, 1.165) is 6.42 Å². The SMILES string of the molecule is CCCC(C)(O)CNC(=O)/C=C/c1ccc(Cl)cc1Cl. The molecule has 0 bridgehead atoms. The largest absolute Gasteiger partial charge is 0.388 e. The van der Waals surface area contributed by atoms with Crippen LogP contribution in [0.15, 0.2) is 24.3 Å². The van der Waals surface area contributed by atoms with Gasteiger partial charge in [-0.15, -0.1) is 0 Å². The summed E-state index contributed by atoms with van der Waals surface area (Å²) in [5.41, 5.74) is -0.164. The first kappa shape index (κ1) is 17.0. The maximum Gasteiger partial charge on any atom is 0.244 e. The predicted octanol–water partition coefficient (Wildman–Crippen LogP) is 3.67. The molecule has 2 N–H and O–H groups in total. The highest BCUT2D eigenvalue weighted by Crippen LogP contribution is 2.21. The van der Waals surface area contributed by atoms with Crippen molar-refractivity contribution >= 4 is 35.2 Å². The molecule has 1 amide bonds. The first-order chi connectivity index (χ1) is 9.34. The third-order valence-electron chi connectivity index (χ3n) is 2.81. The minimum Gasteiger partial charge on any atom is -0.388 e. The maximum atomic E-state index is 11.7. The lowest BCUT2D eigenvalue weighted by atomic mass is 10.0. The molecule has 5 heteroatoms. The Balaban J connectivity index is 2.56. The van der Waals surface area contributed by atoms with Crippen LogP contribution in [0, 0.1) is 0 Å². The van der Waals surface area contributed by atoms with Gasteiger partial charge >= 0.3 is 0 Å². The summed E-state index contributed by atoms with van der Waals surface area (Å²) >= 11 is 11.8. The van der Waals surface area contributed by atoms with Gasteiger partial charge in [-0.25, -0.2) is 0 Å². The van der Waals surface area contributed by atoms with E-state index >= 15 is 0 Å². The Morgan fingerprint density at radius 2 is 2.15 bits per heavy atom. The summed E-state index contributed by atoms with van der Waals surface area (Å²) in [7, 11) is 0. The molecule has 110 valence electrons. The van der Waals surface area contributed by atoms with Gasteiger partial charge in [0.1, 0.15) is 0 Å². The minimum absolute atomic E-state index is 0.221. The molecule has 1 unspecified atom stereocenters. The molecule has 0 fully saturated rings. The molecular formula is C15H19Cl2NO2. The summed E-state index contributed by atoms with van der Waals surface area (Å²) in [6.45, 7) is 3.91. The van der Waals surface area contributed by atoms with Gasteiger partial charge in [0.25, 0.3) is 0 Å². The van der Waals surface area contributed by atoms with E-state index < -0.39 is 5.60 Å². The summed E-state index contributed by atoms with van der Waals surface area (Å²) in [4.78, 5) is 11.7. The van der Waals surface area contributed by atoms with Gasteiger partial charge in [0, 0.05) is 22.7 Å². The molecule has 1 atom stereocenters. The summed E-state index contributed by atoms with van der Waals surface area (Å²) in [5, 5.41) is 13.6. The van der Waals surface area contributed by atoms with Gasteiger partial charge < -0.3 is 10.4 Å². The number of carbonyl (C=O) groups excluding carboxylic acids is 1. The van der Waals surface area contributed by atoms with Crippen LogP contribution < -0.4 is 5.32 Å². The van der Waals surface area contributed by atoms with E-state index in [1.165, 1.54) is 6.08 Å². The number of hydrogen-bond donors (Lipinski definition) is 2. The zero-order valence-electron chi connectivity index (χ0n) is 11.6. The quantitative estimate of drug-likeness (QED) is 0.787. The molecule has 0 radical (unpaired) electrons. The highest BCUT2D eigenvalue weighted by atomic mass is 35.5. The number of carbonyl (C=O) groups is 1. The molecule has 0 saturated carbocycles. The molecule has 1 aromatic rings. The second-order valence-electron chi connectivity index (χ2n) is 4.96. The Hall–Kier alpha value is -1.03. The molecular weight excluding hydrogens is 297 g/mol. The third kappa shape index (κ3) is 5.95. The lowest BCUT2D eigenvalue weighted by Gasteiger charge is -2.22. The Bertz CT molecular complexity index is 499. The molecule has 0 aromatic heterocycles. The Kier molecular flexibility index (Phi) is 6.53. The van der Waals surface area contributed by atoms with Crippen LogP contribution in [0.3, 0.4) is 0 Å². The fourth-order valence-corrected chi connectivity index (χ4v) is 2.24. The molecule has 0 heterocycles. The lowest BCUT2D eigenvalue weighted by Crippen LogP contribution is -2.39. The number of aliphatic hydroxyl groups is 1. The zero-order chi connectivity index (χ0) is 15.2. The fraction of sp³-hybridized carbons (Fsp3) is 0.400. The van der Waals surface area contributed by atoms with Crippen molar-refractivity contribution in [3.8, 4) is 0 Å². The van der Waals surface area contributed by atoms with E-state index in [0.29, 0.717) is 22.0 Å². The van der Waals surface area contributed by atoms with E-state index in [-0.39, 0.29) is 12.5 Å². The van der Waals surface area contributed by atoms with Crippen LogP contribution >= 0.6 is 23.2 Å². The maximum absolute atomic E-state index is 11.7. The van der Waals surface area contributed by atoms with Crippen molar-refractivity contribution in [3.63, 3.8) is 0 Å². The normalized spacial score (nSPS) is 14.2. The van der Waals surface area contributed by atoms with E-state index in [1.807, 2.05) is 6.92 Å². The Morgan fingerprint density at radius 1 is 1.45 bits per heavy atom. The minimum atomic E-state index is -0.879. The van der Waals surface area contributed by atoms with Gasteiger partial charge in [-0.2, -0.15) is 0 Å². The van der Waals surface area contributed by atoms with Crippen LogP contribution in [0.2, 0.25) is 10.0 Å². The van der Waals surface area contributed by atoms with Gasteiger partial charge in [0.05, 0.1) is 5.60 Å². The highest BCUT2D eigenvalue weighted by molar-refractivity contribution is 6.35. The fourth-order valence-electron chi connectivity index (χ4n) is 1.77. The van der Waals surface area contributed by atoms with Crippen molar-refractivity contribution in [2.75, 3.05) is 6.54 Å². The summed E-state index contributed by atoms with van der Waals surface area (Å²) in [6, 6.07) is 5.06. The lowest BCUT2D eigenvalue weighted by molar-refractivity contribution is -0.117. The molecule has 0 saturated heterocycles. The number of hydrogen-bond acceptors (Lipinski definition) is 2. The van der Waals surface area contributed by atoms with Crippen LogP contribution in [-0.2, 0) is 4.79 Å². The van der Waals surface area contributed by atoms with Gasteiger partial charge in [0.15, 0.2) is 0 Å². The van der Waals surface area contributed by atoms with Crippen molar-refractivity contribution in [2.45, 2.75) is 32.3 Å².